The number of phenolic OH excluding ortho intramolecular Hbond substituents is 1. The van der Waals surface area contributed by atoms with Gasteiger partial charge < -0.3 is 5.11 Å². The summed E-state index contributed by atoms with van der Waals surface area (Å²) in [6, 6.07) is 11.6. The molecule has 0 bridgehead atoms. The molecule has 0 saturated carbocycles. The molecule has 0 heterocycles. The second-order valence-electron chi connectivity index (χ2n) is 6.23. The third kappa shape index (κ3) is 3.85. The molecule has 0 spiro atoms. The molecule has 4 nitrogen and oxygen atoms in total. The maximum atomic E-state index is 12.5. The van der Waals surface area contributed by atoms with E-state index in [0.29, 0.717) is 5.69 Å². The van der Waals surface area contributed by atoms with Crippen molar-refractivity contribution in [1.29, 1.82) is 0 Å². The molecule has 5 heteroatoms. The Kier molecular flexibility index (Phi) is 5.00. The van der Waals surface area contributed by atoms with Crippen LogP contribution in [0.1, 0.15) is 50.7 Å². The summed E-state index contributed by atoms with van der Waals surface area (Å²) in [5.41, 5.74) is 1.95. The molecule has 2 aromatic rings. The fraction of sp³-hybridized carbons (Fsp3) is 0.333. The van der Waals surface area contributed by atoms with Gasteiger partial charge in [-0.25, -0.2) is 8.42 Å². The van der Waals surface area contributed by atoms with Gasteiger partial charge in [-0.05, 0) is 47.2 Å². The first-order chi connectivity index (χ1) is 10.7. The SMILES string of the molecule is CC(C)c1cc(NS(=O)(=O)c2ccccc2)cc(C(C)C)c1O. The van der Waals surface area contributed by atoms with Crippen LogP contribution in [0.3, 0.4) is 0 Å². The molecule has 124 valence electrons. The largest absolute Gasteiger partial charge is 0.507 e. The second-order valence-corrected chi connectivity index (χ2v) is 7.91. The number of aromatic hydroxyl groups is 1. The zero-order valence-electron chi connectivity index (χ0n) is 13.9. The van der Waals surface area contributed by atoms with Crippen molar-refractivity contribution in [3.63, 3.8) is 0 Å². The third-order valence-electron chi connectivity index (χ3n) is 3.72. The highest BCUT2D eigenvalue weighted by Gasteiger charge is 2.19. The number of benzene rings is 2. The fourth-order valence-electron chi connectivity index (χ4n) is 2.43. The van der Waals surface area contributed by atoms with E-state index in [1.807, 2.05) is 27.7 Å². The molecule has 0 saturated heterocycles. The Balaban J connectivity index is 2.48. The number of nitrogens with one attached hydrogen (secondary N) is 1. The molecule has 0 aliphatic heterocycles. The Morgan fingerprint density at radius 1 is 0.913 bits per heavy atom. The van der Waals surface area contributed by atoms with E-state index in [1.54, 1.807) is 42.5 Å². The van der Waals surface area contributed by atoms with Crippen LogP contribution in [-0.2, 0) is 10.0 Å². The van der Waals surface area contributed by atoms with Gasteiger partial charge in [-0.2, -0.15) is 0 Å². The minimum Gasteiger partial charge on any atom is -0.507 e. The number of hydrogen-bond acceptors (Lipinski definition) is 3. The van der Waals surface area contributed by atoms with Gasteiger partial charge in [0.15, 0.2) is 0 Å². The van der Waals surface area contributed by atoms with Gasteiger partial charge >= 0.3 is 0 Å². The van der Waals surface area contributed by atoms with Crippen LogP contribution in [0.5, 0.6) is 5.75 Å². The molecular formula is C18H23NO3S. The van der Waals surface area contributed by atoms with Crippen LogP contribution >= 0.6 is 0 Å². The number of anilines is 1. The van der Waals surface area contributed by atoms with E-state index < -0.39 is 10.0 Å². The van der Waals surface area contributed by atoms with Gasteiger partial charge in [-0.1, -0.05) is 45.9 Å². The summed E-state index contributed by atoms with van der Waals surface area (Å²) in [4.78, 5) is 0.213. The van der Waals surface area contributed by atoms with E-state index in [1.165, 1.54) is 0 Å². The van der Waals surface area contributed by atoms with E-state index in [2.05, 4.69) is 4.72 Å². The predicted octanol–water partition coefficient (Wildman–Crippen LogP) is 4.44. The molecule has 2 aromatic carbocycles. The summed E-state index contributed by atoms with van der Waals surface area (Å²) in [5.74, 6) is 0.431. The number of sulfonamides is 1. The molecule has 0 aliphatic rings. The van der Waals surface area contributed by atoms with Crippen molar-refractivity contribution in [3.05, 3.63) is 53.6 Å². The lowest BCUT2D eigenvalue weighted by Gasteiger charge is -2.18. The second kappa shape index (κ2) is 6.62. The molecule has 23 heavy (non-hydrogen) atoms. The van der Waals surface area contributed by atoms with Crippen molar-refractivity contribution in [2.24, 2.45) is 0 Å². The standard InChI is InChI=1S/C18H23NO3S/c1-12(2)16-10-14(11-17(13(3)4)18(16)20)19-23(21,22)15-8-6-5-7-9-15/h5-13,19-20H,1-4H3. The average Bonchev–Trinajstić information content (AvgIpc) is 2.49. The molecule has 0 radical (unpaired) electrons. The molecule has 0 unspecified atom stereocenters. The van der Waals surface area contributed by atoms with Crippen molar-refractivity contribution in [2.75, 3.05) is 4.72 Å². The van der Waals surface area contributed by atoms with Gasteiger partial charge in [0, 0.05) is 5.69 Å². The van der Waals surface area contributed by atoms with Crippen molar-refractivity contribution < 1.29 is 13.5 Å². The quantitative estimate of drug-likeness (QED) is 0.795. The Hall–Kier alpha value is -2.01. The smallest absolute Gasteiger partial charge is 0.261 e. The van der Waals surface area contributed by atoms with Crippen LogP contribution in [0.4, 0.5) is 5.69 Å². The number of hydrogen-bond donors (Lipinski definition) is 2. The first kappa shape index (κ1) is 17.3. The third-order valence-corrected chi connectivity index (χ3v) is 5.12. The lowest BCUT2D eigenvalue weighted by Crippen LogP contribution is -2.13. The highest BCUT2D eigenvalue weighted by Crippen LogP contribution is 2.36. The molecular weight excluding hydrogens is 310 g/mol. The predicted molar refractivity (Wildman–Crippen MR) is 93.5 cm³/mol. The van der Waals surface area contributed by atoms with Gasteiger partial charge in [0.1, 0.15) is 5.75 Å². The zero-order chi connectivity index (χ0) is 17.2. The van der Waals surface area contributed by atoms with E-state index in [4.69, 9.17) is 0 Å². The Morgan fingerprint density at radius 3 is 1.83 bits per heavy atom. The van der Waals surface area contributed by atoms with Gasteiger partial charge in [0.2, 0.25) is 0 Å². The van der Waals surface area contributed by atoms with Crippen molar-refractivity contribution in [1.82, 2.24) is 0 Å². The fourth-order valence-corrected chi connectivity index (χ4v) is 3.49. The number of phenols is 1. The van der Waals surface area contributed by atoms with E-state index in [9.17, 15) is 13.5 Å². The van der Waals surface area contributed by atoms with Gasteiger partial charge in [0.05, 0.1) is 4.90 Å². The zero-order valence-corrected chi connectivity index (χ0v) is 14.7. The first-order valence-corrected chi connectivity index (χ1v) is 9.15. The van der Waals surface area contributed by atoms with Gasteiger partial charge in [-0.3, -0.25) is 4.72 Å². The van der Waals surface area contributed by atoms with Crippen LogP contribution in [0.25, 0.3) is 0 Å². The Labute approximate surface area is 138 Å². The molecule has 0 fully saturated rings. The van der Waals surface area contributed by atoms with Crippen molar-refractivity contribution in [3.8, 4) is 5.75 Å². The lowest BCUT2D eigenvalue weighted by molar-refractivity contribution is 0.454. The molecule has 0 amide bonds. The topological polar surface area (TPSA) is 66.4 Å². The normalized spacial score (nSPS) is 11.9. The summed E-state index contributed by atoms with van der Waals surface area (Å²) in [6.45, 7) is 7.87. The highest BCUT2D eigenvalue weighted by atomic mass is 32.2. The van der Waals surface area contributed by atoms with Gasteiger partial charge in [0.25, 0.3) is 10.0 Å². The van der Waals surface area contributed by atoms with Crippen LogP contribution in [0.2, 0.25) is 0 Å². The van der Waals surface area contributed by atoms with Gasteiger partial charge in [-0.15, -0.1) is 0 Å². The number of rotatable bonds is 5. The average molecular weight is 333 g/mol. The molecule has 2 rings (SSSR count). The molecule has 0 atom stereocenters. The summed E-state index contributed by atoms with van der Waals surface area (Å²) < 4.78 is 27.6. The van der Waals surface area contributed by atoms with Crippen LogP contribution in [0, 0.1) is 0 Å². The van der Waals surface area contributed by atoms with Crippen LogP contribution < -0.4 is 4.72 Å². The summed E-state index contributed by atoms with van der Waals surface area (Å²) in [6.07, 6.45) is 0. The maximum Gasteiger partial charge on any atom is 0.261 e. The van der Waals surface area contributed by atoms with Crippen LogP contribution in [-0.4, -0.2) is 13.5 Å². The Bertz CT molecular complexity index is 752. The van der Waals surface area contributed by atoms with E-state index in [-0.39, 0.29) is 22.5 Å². The lowest BCUT2D eigenvalue weighted by atomic mass is 9.93. The summed E-state index contributed by atoms with van der Waals surface area (Å²) >= 11 is 0. The minimum absolute atomic E-state index is 0.0914. The minimum atomic E-state index is -3.64. The van der Waals surface area contributed by atoms with Crippen molar-refractivity contribution in [2.45, 2.75) is 44.4 Å². The van der Waals surface area contributed by atoms with Crippen molar-refractivity contribution >= 4 is 15.7 Å². The molecule has 0 aromatic heterocycles. The van der Waals surface area contributed by atoms with E-state index >= 15 is 0 Å². The first-order valence-electron chi connectivity index (χ1n) is 7.67. The highest BCUT2D eigenvalue weighted by molar-refractivity contribution is 7.92. The van der Waals surface area contributed by atoms with Crippen LogP contribution in [0.15, 0.2) is 47.4 Å². The monoisotopic (exact) mass is 333 g/mol. The summed E-state index contributed by atoms with van der Waals surface area (Å²) in [5, 5.41) is 10.4. The maximum absolute atomic E-state index is 12.5. The molecule has 0 aliphatic carbocycles. The molecule has 2 N–H and O–H groups in total. The van der Waals surface area contributed by atoms with E-state index in [0.717, 1.165) is 11.1 Å². The summed E-state index contributed by atoms with van der Waals surface area (Å²) in [7, 11) is -3.64. The Morgan fingerprint density at radius 2 is 1.39 bits per heavy atom.